The maximum Gasteiger partial charge on any atom is 0.321 e. The van der Waals surface area contributed by atoms with Gasteiger partial charge in [0.05, 0.1) is 11.0 Å². The second-order valence-electron chi connectivity index (χ2n) is 7.13. The Balaban J connectivity index is 1.36. The summed E-state index contributed by atoms with van der Waals surface area (Å²) in [6, 6.07) is 15.5. The van der Waals surface area contributed by atoms with E-state index in [1.165, 1.54) is 5.52 Å². The van der Waals surface area contributed by atoms with E-state index >= 15 is 0 Å². The molecule has 2 heterocycles. The van der Waals surface area contributed by atoms with E-state index in [9.17, 15) is 4.79 Å². The summed E-state index contributed by atoms with van der Waals surface area (Å²) in [6.07, 6.45) is 1.99. The number of anilines is 1. The average molecular weight is 383 g/mol. The summed E-state index contributed by atoms with van der Waals surface area (Å²) in [5, 5.41) is 3.55. The van der Waals surface area contributed by atoms with Crippen molar-refractivity contribution in [2.24, 2.45) is 5.92 Å². The number of imidazole rings is 1. The minimum absolute atomic E-state index is 0.0556. The van der Waals surface area contributed by atoms with Gasteiger partial charge in [-0.2, -0.15) is 0 Å². The molecule has 0 radical (unpaired) electrons. The zero-order valence-electron chi connectivity index (χ0n) is 15.4. The number of hydrogen-bond acceptors (Lipinski definition) is 2. The number of carbonyl (C=O) groups excluding carboxylic acids is 1. The molecule has 4 rings (SSSR count). The third-order valence-corrected chi connectivity index (χ3v) is 5.50. The van der Waals surface area contributed by atoms with Gasteiger partial charge in [0.15, 0.2) is 0 Å². The molecule has 1 fully saturated rings. The molecule has 0 aliphatic carbocycles. The molecule has 0 saturated carbocycles. The molecule has 0 spiro atoms. The van der Waals surface area contributed by atoms with Gasteiger partial charge in [0.2, 0.25) is 0 Å². The number of nitrogens with zero attached hydrogens (tertiary/aromatic N) is 3. The van der Waals surface area contributed by atoms with Crippen LogP contribution in [0.5, 0.6) is 0 Å². The lowest BCUT2D eigenvalue weighted by Gasteiger charge is -2.32. The van der Waals surface area contributed by atoms with Crippen molar-refractivity contribution in [2.45, 2.75) is 26.3 Å². The molecule has 5 nitrogen and oxygen atoms in total. The molecule has 2 aromatic carbocycles. The van der Waals surface area contributed by atoms with Gasteiger partial charge >= 0.3 is 6.03 Å². The first kappa shape index (κ1) is 17.9. The largest absolute Gasteiger partial charge is 0.328 e. The normalized spacial score (nSPS) is 15.3. The number of halogens is 1. The van der Waals surface area contributed by atoms with Crippen molar-refractivity contribution in [3.63, 3.8) is 0 Å². The Labute approximate surface area is 163 Å². The topological polar surface area (TPSA) is 50.2 Å². The highest BCUT2D eigenvalue weighted by atomic mass is 35.5. The number of benzene rings is 2. The first-order valence-corrected chi connectivity index (χ1v) is 9.71. The molecule has 27 heavy (non-hydrogen) atoms. The van der Waals surface area contributed by atoms with Crippen molar-refractivity contribution in [3.05, 3.63) is 59.4 Å². The fourth-order valence-corrected chi connectivity index (χ4v) is 3.96. The van der Waals surface area contributed by atoms with E-state index < -0.39 is 0 Å². The van der Waals surface area contributed by atoms with Crippen LogP contribution in [0, 0.1) is 12.8 Å². The number of piperidine rings is 1. The van der Waals surface area contributed by atoms with Gasteiger partial charge in [0.25, 0.3) is 0 Å². The van der Waals surface area contributed by atoms with Crippen LogP contribution in [0.1, 0.15) is 18.7 Å². The standard InChI is InChI=1S/C21H23ClN4O/c1-15-23-19-7-2-3-8-20(19)26(15)14-16-9-11-25(12-10-16)21(27)24-18-6-4-5-17(22)13-18/h2-8,13,16H,9-12,14H2,1H3,(H,24,27). The molecule has 1 saturated heterocycles. The maximum atomic E-state index is 12.5. The first-order valence-electron chi connectivity index (χ1n) is 9.33. The van der Waals surface area contributed by atoms with Crippen molar-refractivity contribution >= 4 is 34.4 Å². The van der Waals surface area contributed by atoms with Crippen LogP contribution in [0.25, 0.3) is 11.0 Å². The SMILES string of the molecule is Cc1nc2ccccc2n1CC1CCN(C(=O)Nc2cccc(Cl)c2)CC1. The predicted molar refractivity (Wildman–Crippen MR) is 109 cm³/mol. The van der Waals surface area contributed by atoms with Crippen molar-refractivity contribution in [3.8, 4) is 0 Å². The number of aromatic nitrogens is 2. The fraction of sp³-hybridized carbons (Fsp3) is 0.333. The summed E-state index contributed by atoms with van der Waals surface area (Å²) in [4.78, 5) is 19.0. The maximum absolute atomic E-state index is 12.5. The molecule has 1 N–H and O–H groups in total. The molecule has 140 valence electrons. The number of rotatable bonds is 3. The quantitative estimate of drug-likeness (QED) is 0.697. The second-order valence-corrected chi connectivity index (χ2v) is 7.57. The number of fused-ring (bicyclic) bond motifs is 1. The van der Waals surface area contributed by atoms with Gasteiger partial charge in [-0.3, -0.25) is 0 Å². The Morgan fingerprint density at radius 2 is 1.96 bits per heavy atom. The molecule has 0 unspecified atom stereocenters. The molecule has 6 heteroatoms. The first-order chi connectivity index (χ1) is 13.1. The van der Waals surface area contributed by atoms with Crippen LogP contribution < -0.4 is 5.32 Å². The molecule has 0 atom stereocenters. The molecule has 3 aromatic rings. The van der Waals surface area contributed by atoms with Crippen molar-refractivity contribution in [1.82, 2.24) is 14.5 Å². The highest BCUT2D eigenvalue weighted by Gasteiger charge is 2.24. The molecule has 2 amide bonds. The Morgan fingerprint density at radius 1 is 1.19 bits per heavy atom. The van der Waals surface area contributed by atoms with Crippen LogP contribution in [0.4, 0.5) is 10.5 Å². The predicted octanol–water partition coefficient (Wildman–Crippen LogP) is 4.94. The lowest BCUT2D eigenvalue weighted by molar-refractivity contribution is 0.177. The van der Waals surface area contributed by atoms with E-state index in [4.69, 9.17) is 11.6 Å². The third-order valence-electron chi connectivity index (χ3n) is 5.26. The summed E-state index contributed by atoms with van der Waals surface area (Å²) in [7, 11) is 0. The fourth-order valence-electron chi connectivity index (χ4n) is 3.77. The molecule has 1 aromatic heterocycles. The zero-order chi connectivity index (χ0) is 18.8. The molecule has 0 bridgehead atoms. The smallest absolute Gasteiger partial charge is 0.321 e. The van der Waals surface area contributed by atoms with E-state index in [1.807, 2.05) is 23.1 Å². The van der Waals surface area contributed by atoms with Gasteiger partial charge < -0.3 is 14.8 Å². The Bertz CT molecular complexity index is 960. The average Bonchev–Trinajstić information content (AvgIpc) is 2.98. The van der Waals surface area contributed by atoms with Crippen molar-refractivity contribution < 1.29 is 4.79 Å². The minimum Gasteiger partial charge on any atom is -0.328 e. The number of carbonyl (C=O) groups is 1. The summed E-state index contributed by atoms with van der Waals surface area (Å²) < 4.78 is 2.31. The zero-order valence-corrected chi connectivity index (χ0v) is 16.1. The van der Waals surface area contributed by atoms with Crippen LogP contribution in [0.3, 0.4) is 0 Å². The number of aryl methyl sites for hydroxylation is 1. The highest BCUT2D eigenvalue weighted by Crippen LogP contribution is 2.24. The van der Waals surface area contributed by atoms with E-state index in [0.717, 1.165) is 49.5 Å². The monoisotopic (exact) mass is 382 g/mol. The number of amides is 2. The summed E-state index contributed by atoms with van der Waals surface area (Å²) in [5.41, 5.74) is 2.97. The van der Waals surface area contributed by atoms with Crippen molar-refractivity contribution in [1.29, 1.82) is 0 Å². The summed E-state index contributed by atoms with van der Waals surface area (Å²) in [5.74, 6) is 1.61. The summed E-state index contributed by atoms with van der Waals surface area (Å²) >= 11 is 5.98. The van der Waals surface area contributed by atoms with Gasteiger partial charge in [0, 0.05) is 30.3 Å². The summed E-state index contributed by atoms with van der Waals surface area (Å²) in [6.45, 7) is 4.55. The second kappa shape index (κ2) is 7.61. The minimum atomic E-state index is -0.0556. The number of urea groups is 1. The lowest BCUT2D eigenvalue weighted by atomic mass is 9.97. The van der Waals surface area contributed by atoms with E-state index in [2.05, 4.69) is 40.0 Å². The van der Waals surface area contributed by atoms with Gasteiger partial charge in [-0.1, -0.05) is 29.8 Å². The number of para-hydroxylation sites is 2. The van der Waals surface area contributed by atoms with E-state index in [1.54, 1.807) is 12.1 Å². The molecular formula is C21H23ClN4O. The van der Waals surface area contributed by atoms with Gasteiger partial charge in [-0.25, -0.2) is 9.78 Å². The lowest BCUT2D eigenvalue weighted by Crippen LogP contribution is -2.41. The number of hydrogen-bond donors (Lipinski definition) is 1. The molecule has 1 aliphatic rings. The Kier molecular flexibility index (Phi) is 5.03. The van der Waals surface area contributed by atoms with Crippen LogP contribution in [-0.2, 0) is 6.54 Å². The van der Waals surface area contributed by atoms with E-state index in [-0.39, 0.29) is 6.03 Å². The third kappa shape index (κ3) is 3.93. The van der Waals surface area contributed by atoms with Crippen LogP contribution in [0.15, 0.2) is 48.5 Å². The van der Waals surface area contributed by atoms with Crippen LogP contribution >= 0.6 is 11.6 Å². The van der Waals surface area contributed by atoms with Crippen LogP contribution in [0.2, 0.25) is 5.02 Å². The number of nitrogens with one attached hydrogen (secondary N) is 1. The Morgan fingerprint density at radius 3 is 2.74 bits per heavy atom. The van der Waals surface area contributed by atoms with E-state index in [0.29, 0.717) is 10.9 Å². The van der Waals surface area contributed by atoms with Crippen molar-refractivity contribution in [2.75, 3.05) is 18.4 Å². The Hall–Kier alpha value is -2.53. The van der Waals surface area contributed by atoms with Gasteiger partial charge in [-0.15, -0.1) is 0 Å². The molecular weight excluding hydrogens is 360 g/mol. The highest BCUT2D eigenvalue weighted by molar-refractivity contribution is 6.30. The van der Waals surface area contributed by atoms with Crippen LogP contribution in [-0.4, -0.2) is 33.6 Å². The van der Waals surface area contributed by atoms with Gasteiger partial charge in [0.1, 0.15) is 5.82 Å². The van der Waals surface area contributed by atoms with Gasteiger partial charge in [-0.05, 0) is 56.0 Å². The molecule has 1 aliphatic heterocycles. The number of likely N-dealkylation sites (tertiary alicyclic amines) is 1.